The van der Waals surface area contributed by atoms with Crippen molar-refractivity contribution in [1.82, 2.24) is 0 Å². The van der Waals surface area contributed by atoms with Crippen molar-refractivity contribution in [2.75, 3.05) is 0 Å². The first-order valence-corrected chi connectivity index (χ1v) is 5.66. The Morgan fingerprint density at radius 2 is 1.55 bits per heavy atom. The van der Waals surface area contributed by atoms with Crippen molar-refractivity contribution in [3.8, 4) is 0 Å². The van der Waals surface area contributed by atoms with Crippen LogP contribution in [0.15, 0.2) is 12.2 Å². The molecule has 0 aromatic carbocycles. The van der Waals surface area contributed by atoms with Gasteiger partial charge in [0.05, 0.1) is 0 Å². The van der Waals surface area contributed by atoms with Crippen molar-refractivity contribution in [2.45, 2.75) is 17.5 Å². The quantitative estimate of drug-likeness (QED) is 0.328. The summed E-state index contributed by atoms with van der Waals surface area (Å²) in [4.78, 5) is 20.6. The van der Waals surface area contributed by atoms with Crippen LogP contribution in [-0.4, -0.2) is 47.6 Å². The summed E-state index contributed by atoms with van der Waals surface area (Å²) in [5, 5.41) is 2.18. The molecule has 0 aromatic heterocycles. The van der Waals surface area contributed by atoms with Gasteiger partial charge in [0, 0.05) is 12.2 Å². The smallest absolute Gasteiger partial charge is 0.432 e. The number of esters is 1. The highest BCUT2D eigenvalue weighted by Crippen LogP contribution is 2.37. The van der Waals surface area contributed by atoms with Crippen LogP contribution < -0.4 is 0 Å². The maximum atomic E-state index is 12.9. The molecule has 0 aliphatic heterocycles. The first kappa shape index (κ1) is 18.2. The lowest BCUT2D eigenvalue weighted by Gasteiger charge is -2.25. The Bertz CT molecular complexity index is 520. The van der Waals surface area contributed by atoms with E-state index >= 15 is 0 Å². The van der Waals surface area contributed by atoms with Crippen molar-refractivity contribution in [3.63, 3.8) is 0 Å². The van der Waals surface area contributed by atoms with E-state index in [1.807, 2.05) is 0 Å². The van der Waals surface area contributed by atoms with Gasteiger partial charge in [0.1, 0.15) is 0 Å². The molecule has 0 rings (SSSR count). The number of aliphatic carboxylic acids is 1. The molecule has 0 heterocycles. The van der Waals surface area contributed by atoms with Crippen LogP contribution in [-0.2, 0) is 24.4 Å². The standard InChI is InChI=1S/C7H5F5O7S/c8-6(9,10)5(7(11,12)20(16,17)18)19-4(15)2-1-3(13)14/h1-2,5H,(H,13,14)(H,16,17,18)/b2-1-. The summed E-state index contributed by atoms with van der Waals surface area (Å²) < 4.78 is 94.0. The topological polar surface area (TPSA) is 118 Å². The van der Waals surface area contributed by atoms with Crippen LogP contribution in [0.4, 0.5) is 22.0 Å². The van der Waals surface area contributed by atoms with Crippen molar-refractivity contribution in [3.05, 3.63) is 12.2 Å². The number of hydrogen-bond acceptors (Lipinski definition) is 5. The number of rotatable bonds is 5. The Morgan fingerprint density at radius 1 is 1.10 bits per heavy atom. The summed E-state index contributed by atoms with van der Waals surface area (Å²) in [6.45, 7) is 0. The van der Waals surface area contributed by atoms with Gasteiger partial charge in [0.15, 0.2) is 0 Å². The van der Waals surface area contributed by atoms with Gasteiger partial charge in [0.2, 0.25) is 0 Å². The molecule has 20 heavy (non-hydrogen) atoms. The number of carboxylic acids is 1. The van der Waals surface area contributed by atoms with Crippen LogP contribution in [0.1, 0.15) is 0 Å². The molecule has 7 nitrogen and oxygen atoms in total. The van der Waals surface area contributed by atoms with E-state index in [4.69, 9.17) is 9.66 Å². The summed E-state index contributed by atoms with van der Waals surface area (Å²) in [6, 6.07) is 0. The van der Waals surface area contributed by atoms with Crippen molar-refractivity contribution in [2.24, 2.45) is 0 Å². The van der Waals surface area contributed by atoms with Gasteiger partial charge in [-0.15, -0.1) is 0 Å². The molecule has 0 spiro atoms. The zero-order valence-corrected chi connectivity index (χ0v) is 9.78. The molecule has 1 unspecified atom stereocenters. The van der Waals surface area contributed by atoms with Gasteiger partial charge in [-0.25, -0.2) is 9.59 Å². The Kier molecular flexibility index (Phi) is 5.20. The third-order valence-corrected chi connectivity index (χ3v) is 2.44. The van der Waals surface area contributed by atoms with Gasteiger partial charge in [-0.1, -0.05) is 0 Å². The van der Waals surface area contributed by atoms with Crippen molar-refractivity contribution in [1.29, 1.82) is 0 Å². The summed E-state index contributed by atoms with van der Waals surface area (Å²) in [5.74, 6) is -4.00. The number of halogens is 5. The van der Waals surface area contributed by atoms with E-state index < -0.39 is 39.6 Å². The molecule has 13 heteroatoms. The van der Waals surface area contributed by atoms with E-state index in [1.165, 1.54) is 0 Å². The normalized spacial score (nSPS) is 15.1. The summed E-state index contributed by atoms with van der Waals surface area (Å²) >= 11 is 0. The van der Waals surface area contributed by atoms with Crippen molar-refractivity contribution >= 4 is 22.1 Å². The molecule has 0 amide bonds. The number of carbonyl (C=O) groups excluding carboxylic acids is 1. The maximum Gasteiger partial charge on any atom is 0.432 e. The molecule has 0 aliphatic rings. The van der Waals surface area contributed by atoms with Crippen LogP contribution >= 0.6 is 0 Å². The number of alkyl halides is 5. The number of carbonyl (C=O) groups is 2. The fourth-order valence-electron chi connectivity index (χ4n) is 0.756. The molecule has 0 aliphatic carbocycles. The lowest BCUT2D eigenvalue weighted by molar-refractivity contribution is -0.257. The molecule has 1 atom stereocenters. The Morgan fingerprint density at radius 3 is 1.85 bits per heavy atom. The molecule has 0 saturated carbocycles. The fourth-order valence-corrected chi connectivity index (χ4v) is 1.21. The highest BCUT2D eigenvalue weighted by molar-refractivity contribution is 7.86. The summed E-state index contributed by atoms with van der Waals surface area (Å²) in [5.41, 5.74) is 0. The number of carboxylic acid groups (broad SMARTS) is 1. The largest absolute Gasteiger partial charge is 0.478 e. The van der Waals surface area contributed by atoms with E-state index in [-0.39, 0.29) is 12.2 Å². The number of hydrogen-bond donors (Lipinski definition) is 2. The van der Waals surface area contributed by atoms with Crippen LogP contribution in [0.3, 0.4) is 0 Å². The summed E-state index contributed by atoms with van der Waals surface area (Å²) in [7, 11) is -6.53. The zero-order valence-electron chi connectivity index (χ0n) is 8.97. The molecule has 0 saturated heterocycles. The van der Waals surface area contributed by atoms with Gasteiger partial charge < -0.3 is 9.84 Å². The fraction of sp³-hybridized carbons (Fsp3) is 0.429. The average Bonchev–Trinajstić information content (AvgIpc) is 2.19. The molecule has 2 N–H and O–H groups in total. The molecule has 0 aromatic rings. The third-order valence-electron chi connectivity index (χ3n) is 1.54. The van der Waals surface area contributed by atoms with Crippen LogP contribution in [0.5, 0.6) is 0 Å². The lowest BCUT2D eigenvalue weighted by Crippen LogP contribution is -2.52. The van der Waals surface area contributed by atoms with Crippen LogP contribution in [0.25, 0.3) is 0 Å². The van der Waals surface area contributed by atoms with Gasteiger partial charge in [-0.2, -0.15) is 30.4 Å². The highest BCUT2D eigenvalue weighted by atomic mass is 32.2. The van der Waals surface area contributed by atoms with Crippen LogP contribution in [0.2, 0.25) is 0 Å². The second-order valence-corrected chi connectivity index (χ2v) is 4.56. The lowest BCUT2D eigenvalue weighted by atomic mass is 10.3. The molecular formula is C7H5F5O7S. The van der Waals surface area contributed by atoms with E-state index in [9.17, 15) is 40.0 Å². The Labute approximate surface area is 107 Å². The van der Waals surface area contributed by atoms with E-state index in [0.29, 0.717) is 0 Å². The monoisotopic (exact) mass is 328 g/mol. The minimum absolute atomic E-state index is 0.0264. The van der Waals surface area contributed by atoms with Crippen molar-refractivity contribution < 1.29 is 54.4 Å². The van der Waals surface area contributed by atoms with Gasteiger partial charge >= 0.3 is 33.5 Å². The first-order chi connectivity index (χ1) is 8.69. The van der Waals surface area contributed by atoms with E-state index in [1.54, 1.807) is 0 Å². The van der Waals surface area contributed by atoms with E-state index in [2.05, 4.69) is 4.74 Å². The summed E-state index contributed by atoms with van der Waals surface area (Å²) in [6.07, 6.45) is -10.7. The number of ether oxygens (including phenoxy) is 1. The predicted molar refractivity (Wildman–Crippen MR) is 49.2 cm³/mol. The van der Waals surface area contributed by atoms with E-state index in [0.717, 1.165) is 0 Å². The Balaban J connectivity index is 5.44. The average molecular weight is 328 g/mol. The zero-order chi connectivity index (χ0) is 16.4. The minimum atomic E-state index is -6.53. The minimum Gasteiger partial charge on any atom is -0.478 e. The molecule has 0 fully saturated rings. The van der Waals surface area contributed by atoms with Crippen LogP contribution in [0, 0.1) is 0 Å². The SMILES string of the molecule is O=C(O)/C=C\C(=O)OC(C(F)(F)F)C(F)(F)S(=O)(=O)O. The van der Waals surface area contributed by atoms with Gasteiger partial charge in [0.25, 0.3) is 6.10 Å². The third kappa shape index (κ3) is 4.73. The second-order valence-electron chi connectivity index (χ2n) is 3.07. The molecule has 0 radical (unpaired) electrons. The molecule has 116 valence electrons. The molecule has 0 bridgehead atoms. The maximum absolute atomic E-state index is 12.9. The second kappa shape index (κ2) is 5.70. The van der Waals surface area contributed by atoms with Gasteiger partial charge in [-0.05, 0) is 0 Å². The predicted octanol–water partition coefficient (Wildman–Crippen LogP) is 0.582. The van der Waals surface area contributed by atoms with Gasteiger partial charge in [-0.3, -0.25) is 4.55 Å². The first-order valence-electron chi connectivity index (χ1n) is 4.22. The Hall–Kier alpha value is -1.76. The molecular weight excluding hydrogens is 323 g/mol. The highest BCUT2D eigenvalue weighted by Gasteiger charge is 2.65.